The Hall–Kier alpha value is -2.72. The number of hydrogen-bond donors (Lipinski definition) is 1. The number of carbonyl (C=O) groups is 1. The first-order valence-electron chi connectivity index (χ1n) is 9.77. The third-order valence-electron chi connectivity index (χ3n) is 5.12. The molecule has 30 heavy (non-hydrogen) atoms. The molecule has 2 aliphatic rings. The summed E-state index contributed by atoms with van der Waals surface area (Å²) in [5.74, 6) is 1.61. The fourth-order valence-electron chi connectivity index (χ4n) is 3.52. The first-order valence-corrected chi connectivity index (χ1v) is 10.6. The number of piperazine rings is 1. The topological polar surface area (TPSA) is 74.1 Å². The number of aromatic nitrogens is 1. The van der Waals surface area contributed by atoms with E-state index in [9.17, 15) is 4.79 Å². The van der Waals surface area contributed by atoms with Gasteiger partial charge in [0.1, 0.15) is 16.9 Å². The number of hydrogen-bond acceptors (Lipinski definition) is 7. The van der Waals surface area contributed by atoms with E-state index in [2.05, 4.69) is 20.1 Å². The van der Waals surface area contributed by atoms with Crippen LogP contribution in [-0.4, -0.2) is 71.3 Å². The van der Waals surface area contributed by atoms with E-state index >= 15 is 0 Å². The Morgan fingerprint density at radius 1 is 1.23 bits per heavy atom. The molecule has 2 aromatic rings. The zero-order valence-corrected chi connectivity index (χ0v) is 18.2. The van der Waals surface area contributed by atoms with Gasteiger partial charge < -0.3 is 24.3 Å². The third kappa shape index (κ3) is 4.54. The Labute approximate surface area is 185 Å². The highest BCUT2D eigenvalue weighted by Crippen LogP contribution is 2.23. The Balaban J connectivity index is 1.33. The van der Waals surface area contributed by atoms with Gasteiger partial charge in [0.25, 0.3) is 0 Å². The molecule has 0 radical (unpaired) electrons. The highest BCUT2D eigenvalue weighted by atomic mass is 32.1. The second-order valence-corrected chi connectivity index (χ2v) is 8.18. The summed E-state index contributed by atoms with van der Waals surface area (Å²) in [7, 11) is 0. The van der Waals surface area contributed by atoms with Gasteiger partial charge in [0, 0.05) is 26.2 Å². The standard InChI is InChI=1S/C20H23N5O3S2/c1-14(29)21-12-16-13-25(20(26)28-16)15-4-5-18(22-11-15)23-6-8-24(9-7-23)19(30)17-3-2-10-27-17/h2-5,10-11,16H,6-9,12-13H2,1H3,(H,21,29)/t16-/m0/s1. The second-order valence-electron chi connectivity index (χ2n) is 7.18. The van der Waals surface area contributed by atoms with Crippen LogP contribution in [0, 0.1) is 0 Å². The lowest BCUT2D eigenvalue weighted by Gasteiger charge is -2.36. The highest BCUT2D eigenvalue weighted by molar-refractivity contribution is 7.80. The van der Waals surface area contributed by atoms with Crippen LogP contribution in [0.5, 0.6) is 0 Å². The Kier molecular flexibility index (Phi) is 6.14. The average Bonchev–Trinajstić information content (AvgIpc) is 3.42. The van der Waals surface area contributed by atoms with Crippen LogP contribution < -0.4 is 15.1 Å². The molecule has 0 aliphatic carbocycles. The van der Waals surface area contributed by atoms with Crippen LogP contribution in [0.4, 0.5) is 16.3 Å². The maximum Gasteiger partial charge on any atom is 0.414 e. The van der Waals surface area contributed by atoms with Crippen LogP contribution in [0.2, 0.25) is 0 Å². The number of nitrogens with one attached hydrogen (secondary N) is 1. The van der Waals surface area contributed by atoms with Crippen LogP contribution in [0.15, 0.2) is 41.1 Å². The molecule has 8 nitrogen and oxygen atoms in total. The number of anilines is 2. The lowest BCUT2D eigenvalue weighted by molar-refractivity contribution is 0.143. The summed E-state index contributed by atoms with van der Waals surface area (Å²) in [5, 5.41) is 3.04. The van der Waals surface area contributed by atoms with E-state index in [1.807, 2.05) is 24.3 Å². The molecular weight excluding hydrogens is 422 g/mol. The SMILES string of the molecule is CC(=S)NC[C@H]1CN(c2ccc(N3CCN(C(=S)c4ccco4)CC3)nc2)C(=O)O1. The number of rotatable bonds is 5. The molecular formula is C20H23N5O3S2. The lowest BCUT2D eigenvalue weighted by atomic mass is 10.2. The molecule has 4 heterocycles. The molecule has 1 N–H and O–H groups in total. The van der Waals surface area contributed by atoms with Crippen molar-refractivity contribution in [2.45, 2.75) is 13.0 Å². The minimum Gasteiger partial charge on any atom is -0.462 e. The van der Waals surface area contributed by atoms with Gasteiger partial charge >= 0.3 is 6.09 Å². The van der Waals surface area contributed by atoms with Crippen LogP contribution in [-0.2, 0) is 4.74 Å². The molecule has 2 saturated heterocycles. The van der Waals surface area contributed by atoms with Gasteiger partial charge in [-0.25, -0.2) is 9.78 Å². The second kappa shape index (κ2) is 8.97. The van der Waals surface area contributed by atoms with Crippen molar-refractivity contribution in [2.75, 3.05) is 49.1 Å². The van der Waals surface area contributed by atoms with Crippen molar-refractivity contribution in [3.63, 3.8) is 0 Å². The predicted octanol–water partition coefficient (Wildman–Crippen LogP) is 2.43. The third-order valence-corrected chi connectivity index (χ3v) is 5.72. The van der Waals surface area contributed by atoms with Crippen molar-refractivity contribution >= 4 is 52.0 Å². The number of carbonyl (C=O) groups excluding carboxylic acids is 1. The summed E-state index contributed by atoms with van der Waals surface area (Å²) in [5.41, 5.74) is 0.725. The molecule has 1 atom stereocenters. The van der Waals surface area contributed by atoms with Crippen molar-refractivity contribution in [1.29, 1.82) is 0 Å². The maximum atomic E-state index is 12.2. The quantitative estimate of drug-likeness (QED) is 0.699. The van der Waals surface area contributed by atoms with Gasteiger partial charge in [-0.1, -0.05) is 24.4 Å². The first kappa shape index (κ1) is 20.5. The Bertz CT molecular complexity index is 911. The molecule has 0 unspecified atom stereocenters. The molecule has 158 valence electrons. The molecule has 0 bridgehead atoms. The minimum absolute atomic E-state index is 0.235. The van der Waals surface area contributed by atoms with E-state index < -0.39 is 0 Å². The molecule has 4 rings (SSSR count). The summed E-state index contributed by atoms with van der Waals surface area (Å²) in [6.07, 6.45) is 2.76. The van der Waals surface area contributed by atoms with Gasteiger partial charge in [-0.15, -0.1) is 0 Å². The number of thiocarbonyl (C=S) groups is 2. The van der Waals surface area contributed by atoms with Crippen molar-refractivity contribution in [1.82, 2.24) is 15.2 Å². The van der Waals surface area contributed by atoms with E-state index in [0.29, 0.717) is 18.1 Å². The van der Waals surface area contributed by atoms with Gasteiger partial charge in [-0.05, 0) is 31.2 Å². The molecule has 2 aromatic heterocycles. The van der Waals surface area contributed by atoms with E-state index in [0.717, 1.165) is 48.4 Å². The van der Waals surface area contributed by atoms with Crippen molar-refractivity contribution in [3.05, 3.63) is 42.5 Å². The number of nitrogens with zero attached hydrogens (tertiary/aromatic N) is 4. The molecule has 1 amide bonds. The normalized spacial score (nSPS) is 19.0. The Morgan fingerprint density at radius 2 is 2.03 bits per heavy atom. The van der Waals surface area contributed by atoms with E-state index in [1.54, 1.807) is 24.3 Å². The van der Waals surface area contributed by atoms with Crippen molar-refractivity contribution < 1.29 is 13.9 Å². The molecule has 0 saturated carbocycles. The van der Waals surface area contributed by atoms with Crippen LogP contribution in [0.25, 0.3) is 0 Å². The van der Waals surface area contributed by atoms with Crippen LogP contribution >= 0.6 is 24.4 Å². The highest BCUT2D eigenvalue weighted by Gasteiger charge is 2.32. The van der Waals surface area contributed by atoms with Gasteiger partial charge in [0.05, 0.1) is 36.2 Å². The zero-order chi connectivity index (χ0) is 21.1. The van der Waals surface area contributed by atoms with E-state index in [-0.39, 0.29) is 12.2 Å². The molecule has 2 aliphatic heterocycles. The summed E-state index contributed by atoms with van der Waals surface area (Å²) in [6.45, 7) is 6.00. The average molecular weight is 446 g/mol. The van der Waals surface area contributed by atoms with Gasteiger partial charge in [0.15, 0.2) is 5.76 Å². The number of cyclic esters (lactones) is 1. The number of amides is 1. The largest absolute Gasteiger partial charge is 0.462 e. The van der Waals surface area contributed by atoms with Crippen LogP contribution in [0.3, 0.4) is 0 Å². The van der Waals surface area contributed by atoms with Crippen molar-refractivity contribution in [2.24, 2.45) is 0 Å². The fraction of sp³-hybridized carbons (Fsp3) is 0.400. The zero-order valence-electron chi connectivity index (χ0n) is 16.6. The predicted molar refractivity (Wildman–Crippen MR) is 122 cm³/mol. The summed E-state index contributed by atoms with van der Waals surface area (Å²) >= 11 is 10.5. The van der Waals surface area contributed by atoms with Gasteiger partial charge in [-0.2, -0.15) is 0 Å². The lowest BCUT2D eigenvalue weighted by Crippen LogP contribution is -2.48. The summed E-state index contributed by atoms with van der Waals surface area (Å²) < 4.78 is 10.8. The molecule has 10 heteroatoms. The summed E-state index contributed by atoms with van der Waals surface area (Å²) in [4.78, 5) is 24.1. The smallest absolute Gasteiger partial charge is 0.414 e. The van der Waals surface area contributed by atoms with Crippen LogP contribution in [0.1, 0.15) is 12.7 Å². The first-order chi connectivity index (χ1) is 14.5. The maximum absolute atomic E-state index is 12.2. The van der Waals surface area contributed by atoms with Gasteiger partial charge in [0.2, 0.25) is 0 Å². The summed E-state index contributed by atoms with van der Waals surface area (Å²) in [6, 6.07) is 7.58. The minimum atomic E-state index is -0.363. The molecule has 0 spiro atoms. The Morgan fingerprint density at radius 3 is 2.67 bits per heavy atom. The number of furan rings is 1. The van der Waals surface area contributed by atoms with E-state index in [1.165, 1.54) is 0 Å². The number of ether oxygens (including phenoxy) is 1. The molecule has 0 aromatic carbocycles. The molecule has 2 fully saturated rings. The fourth-order valence-corrected chi connectivity index (χ4v) is 3.90. The number of pyridine rings is 1. The van der Waals surface area contributed by atoms with Crippen molar-refractivity contribution in [3.8, 4) is 0 Å². The van der Waals surface area contributed by atoms with Gasteiger partial charge in [-0.3, -0.25) is 4.90 Å². The monoisotopic (exact) mass is 445 g/mol. The van der Waals surface area contributed by atoms with E-state index in [4.69, 9.17) is 33.6 Å².